The Labute approximate surface area is 120 Å². The molecule has 1 aromatic carbocycles. The molecule has 0 saturated carbocycles. The van der Waals surface area contributed by atoms with Crippen molar-refractivity contribution in [2.45, 2.75) is 13.3 Å². The first-order valence-corrected chi connectivity index (χ1v) is 7.18. The summed E-state index contributed by atoms with van der Waals surface area (Å²) >= 11 is 1.52. The lowest BCUT2D eigenvalue weighted by molar-refractivity contribution is 0.300. The standard InChI is InChI=1S/C15H14N2O2S/c1-10-13(7-8-18)20-15(17-10)14-16-9-12(19-14)11-5-3-2-4-6-11/h2-6,9,18H,7-8H2,1H3. The van der Waals surface area contributed by atoms with Gasteiger partial charge in [0, 0.05) is 23.5 Å². The Bertz CT molecular complexity index is 704. The predicted octanol–water partition coefficient (Wildman–Crippen LogP) is 3.31. The van der Waals surface area contributed by atoms with Crippen LogP contribution in [0.15, 0.2) is 40.9 Å². The van der Waals surface area contributed by atoms with Crippen LogP contribution in [0.2, 0.25) is 0 Å². The molecule has 3 aromatic rings. The molecule has 0 spiro atoms. The largest absolute Gasteiger partial charge is 0.434 e. The van der Waals surface area contributed by atoms with E-state index in [1.807, 2.05) is 37.3 Å². The van der Waals surface area contributed by atoms with E-state index in [0.717, 1.165) is 26.9 Å². The Morgan fingerprint density at radius 1 is 1.25 bits per heavy atom. The Hall–Kier alpha value is -1.98. The number of oxazole rings is 1. The van der Waals surface area contributed by atoms with Gasteiger partial charge in [-0.15, -0.1) is 11.3 Å². The first-order chi connectivity index (χ1) is 9.78. The second-order valence-electron chi connectivity index (χ2n) is 4.40. The van der Waals surface area contributed by atoms with E-state index in [-0.39, 0.29) is 6.61 Å². The highest BCUT2D eigenvalue weighted by atomic mass is 32.1. The van der Waals surface area contributed by atoms with Crippen molar-refractivity contribution in [1.82, 2.24) is 9.97 Å². The molecule has 3 rings (SSSR count). The number of rotatable bonds is 4. The summed E-state index contributed by atoms with van der Waals surface area (Å²) in [7, 11) is 0. The molecule has 20 heavy (non-hydrogen) atoms. The summed E-state index contributed by atoms with van der Waals surface area (Å²) in [5, 5.41) is 9.77. The van der Waals surface area contributed by atoms with Crippen molar-refractivity contribution in [2.75, 3.05) is 6.61 Å². The van der Waals surface area contributed by atoms with E-state index >= 15 is 0 Å². The van der Waals surface area contributed by atoms with Crippen molar-refractivity contribution in [3.05, 3.63) is 47.1 Å². The minimum absolute atomic E-state index is 0.128. The van der Waals surface area contributed by atoms with E-state index in [4.69, 9.17) is 9.52 Å². The quantitative estimate of drug-likeness (QED) is 0.799. The Kier molecular flexibility index (Phi) is 3.62. The number of hydrogen-bond donors (Lipinski definition) is 1. The number of thiazole rings is 1. The molecule has 102 valence electrons. The van der Waals surface area contributed by atoms with Gasteiger partial charge in [0.25, 0.3) is 5.89 Å². The molecule has 2 aromatic heterocycles. The van der Waals surface area contributed by atoms with Crippen molar-refractivity contribution in [2.24, 2.45) is 0 Å². The number of benzene rings is 1. The van der Waals surface area contributed by atoms with E-state index < -0.39 is 0 Å². The van der Waals surface area contributed by atoms with E-state index in [1.54, 1.807) is 6.20 Å². The number of aliphatic hydroxyl groups is 1. The van der Waals surface area contributed by atoms with Crippen LogP contribution >= 0.6 is 11.3 Å². The number of aliphatic hydroxyl groups excluding tert-OH is 1. The van der Waals surface area contributed by atoms with Crippen LogP contribution in [-0.2, 0) is 6.42 Å². The van der Waals surface area contributed by atoms with Gasteiger partial charge in [-0.05, 0) is 6.92 Å². The van der Waals surface area contributed by atoms with Gasteiger partial charge < -0.3 is 9.52 Å². The van der Waals surface area contributed by atoms with Crippen LogP contribution in [-0.4, -0.2) is 21.7 Å². The Morgan fingerprint density at radius 2 is 2.05 bits per heavy atom. The molecule has 4 nitrogen and oxygen atoms in total. The minimum atomic E-state index is 0.128. The van der Waals surface area contributed by atoms with Gasteiger partial charge in [0.1, 0.15) is 0 Å². The summed E-state index contributed by atoms with van der Waals surface area (Å²) in [4.78, 5) is 9.83. The molecule has 0 bridgehead atoms. The van der Waals surface area contributed by atoms with Crippen LogP contribution in [0.5, 0.6) is 0 Å². The fourth-order valence-electron chi connectivity index (χ4n) is 1.96. The second-order valence-corrected chi connectivity index (χ2v) is 5.48. The van der Waals surface area contributed by atoms with Gasteiger partial charge in [0.05, 0.1) is 11.9 Å². The van der Waals surface area contributed by atoms with Crippen LogP contribution < -0.4 is 0 Å². The SMILES string of the molecule is Cc1nc(-c2ncc(-c3ccccc3)o2)sc1CCO. The maximum absolute atomic E-state index is 9.02. The zero-order valence-electron chi connectivity index (χ0n) is 11.0. The van der Waals surface area contributed by atoms with Crippen LogP contribution in [0.25, 0.3) is 22.2 Å². The van der Waals surface area contributed by atoms with Gasteiger partial charge in [0.2, 0.25) is 0 Å². The number of aromatic nitrogens is 2. The third-order valence-corrected chi connectivity index (χ3v) is 4.18. The molecular formula is C15H14N2O2S. The fourth-order valence-corrected chi connectivity index (χ4v) is 2.95. The van der Waals surface area contributed by atoms with Gasteiger partial charge in [-0.25, -0.2) is 9.97 Å². The van der Waals surface area contributed by atoms with Gasteiger partial charge in [-0.1, -0.05) is 30.3 Å². The molecular weight excluding hydrogens is 272 g/mol. The molecule has 1 N–H and O–H groups in total. The topological polar surface area (TPSA) is 59.2 Å². The summed E-state index contributed by atoms with van der Waals surface area (Å²) in [6.07, 6.45) is 2.34. The summed E-state index contributed by atoms with van der Waals surface area (Å²) in [5.74, 6) is 1.26. The smallest absolute Gasteiger partial charge is 0.256 e. The predicted molar refractivity (Wildman–Crippen MR) is 78.6 cm³/mol. The number of hydrogen-bond acceptors (Lipinski definition) is 5. The molecule has 0 unspecified atom stereocenters. The zero-order chi connectivity index (χ0) is 13.9. The highest BCUT2D eigenvalue weighted by molar-refractivity contribution is 7.15. The van der Waals surface area contributed by atoms with E-state index in [0.29, 0.717) is 12.3 Å². The molecule has 0 aliphatic rings. The summed E-state index contributed by atoms with van der Waals surface area (Å²) in [5.41, 5.74) is 1.92. The lowest BCUT2D eigenvalue weighted by Crippen LogP contribution is -1.88. The molecule has 5 heteroatoms. The highest BCUT2D eigenvalue weighted by Crippen LogP contribution is 2.30. The summed E-state index contributed by atoms with van der Waals surface area (Å²) < 4.78 is 5.78. The van der Waals surface area contributed by atoms with Crippen LogP contribution in [0.1, 0.15) is 10.6 Å². The van der Waals surface area contributed by atoms with Crippen LogP contribution in [0.3, 0.4) is 0 Å². The van der Waals surface area contributed by atoms with Gasteiger partial charge in [-0.2, -0.15) is 0 Å². The average Bonchev–Trinajstić information content (AvgIpc) is 3.08. The van der Waals surface area contributed by atoms with Gasteiger partial charge in [0.15, 0.2) is 10.8 Å². The van der Waals surface area contributed by atoms with Crippen LogP contribution in [0.4, 0.5) is 0 Å². The fraction of sp³-hybridized carbons (Fsp3) is 0.200. The van der Waals surface area contributed by atoms with Crippen molar-refractivity contribution in [1.29, 1.82) is 0 Å². The third kappa shape index (κ3) is 2.50. The number of nitrogens with zero attached hydrogens (tertiary/aromatic N) is 2. The minimum Gasteiger partial charge on any atom is -0.434 e. The zero-order valence-corrected chi connectivity index (χ0v) is 11.9. The molecule has 2 heterocycles. The van der Waals surface area contributed by atoms with E-state index in [9.17, 15) is 0 Å². The molecule has 0 saturated heterocycles. The maximum atomic E-state index is 9.02. The van der Waals surface area contributed by atoms with E-state index in [1.165, 1.54) is 11.3 Å². The van der Waals surface area contributed by atoms with Crippen molar-refractivity contribution in [3.8, 4) is 22.2 Å². The third-order valence-electron chi connectivity index (χ3n) is 2.98. The number of aryl methyl sites for hydroxylation is 1. The second kappa shape index (κ2) is 5.56. The van der Waals surface area contributed by atoms with E-state index in [2.05, 4.69) is 9.97 Å². The van der Waals surface area contributed by atoms with Crippen molar-refractivity contribution >= 4 is 11.3 Å². The summed E-state index contributed by atoms with van der Waals surface area (Å²) in [6.45, 7) is 2.06. The molecule has 0 aliphatic heterocycles. The molecule has 0 fully saturated rings. The Morgan fingerprint density at radius 3 is 2.80 bits per heavy atom. The first kappa shape index (κ1) is 13.0. The van der Waals surface area contributed by atoms with Gasteiger partial charge in [-0.3, -0.25) is 0 Å². The normalized spacial score (nSPS) is 10.9. The molecule has 0 atom stereocenters. The summed E-state index contributed by atoms with van der Waals surface area (Å²) in [6, 6.07) is 9.85. The molecule has 0 radical (unpaired) electrons. The first-order valence-electron chi connectivity index (χ1n) is 6.36. The van der Waals surface area contributed by atoms with Crippen LogP contribution in [0, 0.1) is 6.92 Å². The van der Waals surface area contributed by atoms with Gasteiger partial charge >= 0.3 is 0 Å². The van der Waals surface area contributed by atoms with Crippen molar-refractivity contribution < 1.29 is 9.52 Å². The monoisotopic (exact) mass is 286 g/mol. The maximum Gasteiger partial charge on any atom is 0.256 e. The lowest BCUT2D eigenvalue weighted by Gasteiger charge is -1.93. The Balaban J connectivity index is 1.92. The highest BCUT2D eigenvalue weighted by Gasteiger charge is 2.14. The lowest BCUT2D eigenvalue weighted by atomic mass is 10.2. The molecule has 0 amide bonds. The average molecular weight is 286 g/mol. The van der Waals surface area contributed by atoms with Crippen molar-refractivity contribution in [3.63, 3.8) is 0 Å². The molecule has 0 aliphatic carbocycles.